The molecule has 0 aliphatic carbocycles. The zero-order valence-corrected chi connectivity index (χ0v) is 13.5. The molecular weight excluding hydrogens is 290 g/mol. The number of pyridine rings is 1. The van der Waals surface area contributed by atoms with Crippen molar-refractivity contribution in [3.05, 3.63) is 22.9 Å². The number of nitrogens with zero attached hydrogens (tertiary/aromatic N) is 3. The molecule has 1 aromatic heterocycles. The summed E-state index contributed by atoms with van der Waals surface area (Å²) in [4.78, 5) is 7.22. The maximum atomic E-state index is 9.60. The summed E-state index contributed by atoms with van der Waals surface area (Å²) < 4.78 is 11.2. The third-order valence-corrected chi connectivity index (χ3v) is 5.36. The molecule has 4 heterocycles. The largest absolute Gasteiger partial charge is 0.381 e. The van der Waals surface area contributed by atoms with E-state index >= 15 is 0 Å². The minimum Gasteiger partial charge on any atom is -0.381 e. The molecule has 0 aromatic carbocycles. The Bertz CT molecular complexity index is 619. The molecule has 0 radical (unpaired) electrons. The van der Waals surface area contributed by atoms with Crippen molar-refractivity contribution in [3.63, 3.8) is 0 Å². The van der Waals surface area contributed by atoms with Gasteiger partial charge in [-0.15, -0.1) is 0 Å². The van der Waals surface area contributed by atoms with Crippen molar-refractivity contribution in [2.24, 2.45) is 5.92 Å². The Balaban J connectivity index is 1.66. The van der Waals surface area contributed by atoms with Gasteiger partial charge in [0.1, 0.15) is 11.9 Å². The molecule has 0 saturated carbocycles. The van der Waals surface area contributed by atoms with E-state index in [0.717, 1.165) is 50.7 Å². The first-order chi connectivity index (χ1) is 11.4. The van der Waals surface area contributed by atoms with E-state index in [-0.39, 0.29) is 0 Å². The molecule has 23 heavy (non-hydrogen) atoms. The number of hydrogen-bond donors (Lipinski definition) is 0. The van der Waals surface area contributed by atoms with Crippen molar-refractivity contribution >= 4 is 5.82 Å². The van der Waals surface area contributed by atoms with E-state index in [0.29, 0.717) is 24.1 Å². The summed E-state index contributed by atoms with van der Waals surface area (Å²) in [5.41, 5.74) is 2.90. The van der Waals surface area contributed by atoms with Gasteiger partial charge < -0.3 is 14.4 Å². The molecule has 1 aromatic rings. The standard InChI is InChI=1S/C18H23N3O2/c19-10-15-9-13-5-8-23-12-16(13)20-18(15)21-6-1-4-17(21)14-3-2-7-22-11-14/h9,14,17H,1-8,11-12H2. The SMILES string of the molecule is N#Cc1cc2c(nc1N1CCCC1C1CCCOC1)COCC2. The lowest BCUT2D eigenvalue weighted by Crippen LogP contribution is -2.40. The molecule has 0 bridgehead atoms. The van der Waals surface area contributed by atoms with Gasteiger partial charge in [0.25, 0.3) is 0 Å². The van der Waals surface area contributed by atoms with Crippen LogP contribution in [0.2, 0.25) is 0 Å². The van der Waals surface area contributed by atoms with E-state index in [1.807, 2.05) is 6.07 Å². The van der Waals surface area contributed by atoms with Gasteiger partial charge in [-0.3, -0.25) is 0 Å². The number of hydrogen-bond acceptors (Lipinski definition) is 5. The normalized spacial score (nSPS) is 27.5. The second-order valence-corrected chi connectivity index (χ2v) is 6.76. The van der Waals surface area contributed by atoms with Crippen LogP contribution in [0.1, 0.15) is 42.5 Å². The van der Waals surface area contributed by atoms with E-state index in [1.165, 1.54) is 24.8 Å². The average Bonchev–Trinajstić information content (AvgIpc) is 3.11. The second-order valence-electron chi connectivity index (χ2n) is 6.76. The van der Waals surface area contributed by atoms with Crippen molar-refractivity contribution in [2.75, 3.05) is 31.3 Å². The molecule has 122 valence electrons. The van der Waals surface area contributed by atoms with Crippen molar-refractivity contribution in [2.45, 2.75) is 44.8 Å². The number of anilines is 1. The summed E-state index contributed by atoms with van der Waals surface area (Å²) in [6.45, 7) is 4.02. The fraction of sp³-hybridized carbons (Fsp3) is 0.667. The van der Waals surface area contributed by atoms with Crippen molar-refractivity contribution in [3.8, 4) is 6.07 Å². The quantitative estimate of drug-likeness (QED) is 0.839. The van der Waals surface area contributed by atoms with Crippen LogP contribution in [0.4, 0.5) is 5.82 Å². The minimum absolute atomic E-state index is 0.456. The Morgan fingerprint density at radius 2 is 2.17 bits per heavy atom. The maximum Gasteiger partial charge on any atom is 0.147 e. The van der Waals surface area contributed by atoms with Gasteiger partial charge in [0.05, 0.1) is 31.1 Å². The Hall–Kier alpha value is -1.64. The monoisotopic (exact) mass is 313 g/mol. The smallest absolute Gasteiger partial charge is 0.147 e. The molecule has 0 spiro atoms. The predicted octanol–water partition coefficient (Wildman–Crippen LogP) is 2.42. The molecule has 0 N–H and O–H groups in total. The number of rotatable bonds is 2. The van der Waals surface area contributed by atoms with Gasteiger partial charge in [-0.05, 0) is 43.7 Å². The highest BCUT2D eigenvalue weighted by Gasteiger charge is 2.35. The molecule has 2 unspecified atom stereocenters. The predicted molar refractivity (Wildman–Crippen MR) is 86.2 cm³/mol. The highest BCUT2D eigenvalue weighted by Crippen LogP contribution is 2.35. The van der Waals surface area contributed by atoms with E-state index in [1.54, 1.807) is 0 Å². The molecule has 0 amide bonds. The van der Waals surface area contributed by atoms with Crippen LogP contribution >= 0.6 is 0 Å². The van der Waals surface area contributed by atoms with Crippen molar-refractivity contribution < 1.29 is 9.47 Å². The van der Waals surface area contributed by atoms with Crippen LogP contribution in [-0.2, 0) is 22.5 Å². The average molecular weight is 313 g/mol. The Labute approximate surface area is 137 Å². The zero-order valence-electron chi connectivity index (χ0n) is 13.5. The third kappa shape index (κ3) is 2.82. The van der Waals surface area contributed by atoms with Crippen LogP contribution in [0.5, 0.6) is 0 Å². The lowest BCUT2D eigenvalue weighted by atomic mass is 9.92. The summed E-state index contributed by atoms with van der Waals surface area (Å²) in [6, 6.07) is 4.86. The molecule has 2 atom stereocenters. The highest BCUT2D eigenvalue weighted by molar-refractivity contribution is 5.57. The first-order valence-corrected chi connectivity index (χ1v) is 8.72. The first-order valence-electron chi connectivity index (χ1n) is 8.72. The molecule has 2 fully saturated rings. The van der Waals surface area contributed by atoms with Crippen LogP contribution < -0.4 is 4.90 Å². The van der Waals surface area contributed by atoms with Gasteiger partial charge in [-0.2, -0.15) is 5.26 Å². The minimum atomic E-state index is 0.456. The molecule has 5 heteroatoms. The van der Waals surface area contributed by atoms with Crippen LogP contribution in [0.15, 0.2) is 6.07 Å². The summed E-state index contributed by atoms with van der Waals surface area (Å²) in [5.74, 6) is 1.43. The van der Waals surface area contributed by atoms with Gasteiger partial charge >= 0.3 is 0 Å². The number of fused-ring (bicyclic) bond motifs is 1. The van der Waals surface area contributed by atoms with Gasteiger partial charge in [0.15, 0.2) is 0 Å². The fourth-order valence-corrected chi connectivity index (χ4v) is 4.19. The number of nitriles is 1. The molecular formula is C18H23N3O2. The maximum absolute atomic E-state index is 9.60. The summed E-state index contributed by atoms with van der Waals surface area (Å²) in [5, 5.41) is 9.60. The molecule has 3 aliphatic heterocycles. The first kappa shape index (κ1) is 14.9. The van der Waals surface area contributed by atoms with Gasteiger partial charge in [0, 0.05) is 25.1 Å². The van der Waals surface area contributed by atoms with E-state index in [4.69, 9.17) is 14.5 Å². The molecule has 2 saturated heterocycles. The summed E-state index contributed by atoms with van der Waals surface area (Å²) in [7, 11) is 0. The van der Waals surface area contributed by atoms with Crippen LogP contribution in [0.3, 0.4) is 0 Å². The number of ether oxygens (including phenoxy) is 2. The molecule has 4 rings (SSSR count). The zero-order chi connectivity index (χ0) is 15.6. The molecule has 5 nitrogen and oxygen atoms in total. The van der Waals surface area contributed by atoms with E-state index in [2.05, 4.69) is 11.0 Å². The number of aromatic nitrogens is 1. The van der Waals surface area contributed by atoms with Crippen LogP contribution in [0, 0.1) is 17.2 Å². The van der Waals surface area contributed by atoms with E-state index < -0.39 is 0 Å². The topological polar surface area (TPSA) is 58.4 Å². The fourth-order valence-electron chi connectivity index (χ4n) is 4.19. The van der Waals surface area contributed by atoms with Crippen molar-refractivity contribution in [1.29, 1.82) is 5.26 Å². The van der Waals surface area contributed by atoms with E-state index in [9.17, 15) is 5.26 Å². The van der Waals surface area contributed by atoms with Crippen LogP contribution in [0.25, 0.3) is 0 Å². The Morgan fingerprint density at radius 3 is 3.00 bits per heavy atom. The third-order valence-electron chi connectivity index (χ3n) is 5.36. The lowest BCUT2D eigenvalue weighted by Gasteiger charge is -2.35. The van der Waals surface area contributed by atoms with Gasteiger partial charge in [-0.1, -0.05) is 0 Å². The summed E-state index contributed by atoms with van der Waals surface area (Å²) in [6.07, 6.45) is 5.56. The molecule has 3 aliphatic rings. The second kappa shape index (κ2) is 6.46. The summed E-state index contributed by atoms with van der Waals surface area (Å²) >= 11 is 0. The highest BCUT2D eigenvalue weighted by atomic mass is 16.5. The Morgan fingerprint density at radius 1 is 1.22 bits per heavy atom. The van der Waals surface area contributed by atoms with Gasteiger partial charge in [0.2, 0.25) is 0 Å². The Kier molecular flexibility index (Phi) is 4.19. The van der Waals surface area contributed by atoms with Crippen LogP contribution in [-0.4, -0.2) is 37.4 Å². The van der Waals surface area contributed by atoms with Crippen molar-refractivity contribution in [1.82, 2.24) is 4.98 Å². The lowest BCUT2D eigenvalue weighted by molar-refractivity contribution is 0.0453. The van der Waals surface area contributed by atoms with Gasteiger partial charge in [-0.25, -0.2) is 4.98 Å².